The van der Waals surface area contributed by atoms with Gasteiger partial charge in [0.05, 0.1) is 17.8 Å². The maximum Gasteiger partial charge on any atom is 0.0686 e. The number of fused-ring (bicyclic) bond motifs is 1. The first-order valence-electron chi connectivity index (χ1n) is 7.50. The van der Waals surface area contributed by atoms with Crippen molar-refractivity contribution in [2.24, 2.45) is 0 Å². The summed E-state index contributed by atoms with van der Waals surface area (Å²) >= 11 is 0. The summed E-state index contributed by atoms with van der Waals surface area (Å²) < 4.78 is 2.14. The molecule has 1 N–H and O–H groups in total. The first-order valence-corrected chi connectivity index (χ1v) is 7.50. The molecular formula is C16H23N3. The van der Waals surface area contributed by atoms with Gasteiger partial charge in [-0.25, -0.2) is 0 Å². The molecule has 1 unspecified atom stereocenters. The molecule has 1 atom stereocenters. The number of para-hydroxylation sites is 1. The Morgan fingerprint density at radius 3 is 2.89 bits per heavy atom. The van der Waals surface area contributed by atoms with Crippen LogP contribution in [0.5, 0.6) is 0 Å². The highest BCUT2D eigenvalue weighted by Crippen LogP contribution is 2.19. The topological polar surface area (TPSA) is 29.9 Å². The lowest BCUT2D eigenvalue weighted by molar-refractivity contribution is 0.346. The Balaban J connectivity index is 1.64. The lowest BCUT2D eigenvalue weighted by atomic mass is 9.95. The number of nitrogens with zero attached hydrogens (tertiary/aromatic N) is 2. The van der Waals surface area contributed by atoms with Gasteiger partial charge in [0.1, 0.15) is 0 Å². The van der Waals surface area contributed by atoms with Gasteiger partial charge in [-0.3, -0.25) is 4.68 Å². The van der Waals surface area contributed by atoms with E-state index in [1.165, 1.54) is 43.0 Å². The molecule has 0 radical (unpaired) electrons. The third-order valence-corrected chi connectivity index (χ3v) is 4.23. The van der Waals surface area contributed by atoms with Crippen molar-refractivity contribution in [1.29, 1.82) is 0 Å². The Hall–Kier alpha value is -1.35. The summed E-state index contributed by atoms with van der Waals surface area (Å²) in [4.78, 5) is 0. The lowest BCUT2D eigenvalue weighted by Crippen LogP contribution is -2.35. The van der Waals surface area contributed by atoms with Crippen molar-refractivity contribution in [2.75, 3.05) is 6.54 Å². The summed E-state index contributed by atoms with van der Waals surface area (Å²) in [5.41, 5.74) is 1.24. The minimum Gasteiger partial charge on any atom is -0.312 e. The monoisotopic (exact) mass is 257 g/mol. The van der Waals surface area contributed by atoms with Crippen LogP contribution in [0.3, 0.4) is 0 Å². The molecule has 1 aliphatic carbocycles. The molecule has 1 aliphatic rings. The average Bonchev–Trinajstić information content (AvgIpc) is 2.90. The third kappa shape index (κ3) is 2.81. The predicted octanol–water partition coefficient (Wildman–Crippen LogP) is 3.52. The molecule has 3 heteroatoms. The van der Waals surface area contributed by atoms with Crippen LogP contribution in [0, 0.1) is 0 Å². The van der Waals surface area contributed by atoms with Crippen molar-refractivity contribution < 1.29 is 0 Å². The summed E-state index contributed by atoms with van der Waals surface area (Å²) in [6.07, 6.45) is 8.83. The molecule has 0 aliphatic heterocycles. The van der Waals surface area contributed by atoms with Crippen LogP contribution in [-0.4, -0.2) is 22.4 Å². The second-order valence-electron chi connectivity index (χ2n) is 5.74. The minimum absolute atomic E-state index is 0.404. The Labute approximate surface area is 115 Å². The van der Waals surface area contributed by atoms with Crippen molar-refractivity contribution in [1.82, 2.24) is 15.1 Å². The van der Waals surface area contributed by atoms with E-state index in [0.29, 0.717) is 6.04 Å². The van der Waals surface area contributed by atoms with Crippen molar-refractivity contribution in [3.05, 3.63) is 30.5 Å². The first kappa shape index (κ1) is 12.7. The summed E-state index contributed by atoms with van der Waals surface area (Å²) in [6.45, 7) is 3.26. The molecule has 0 bridgehead atoms. The summed E-state index contributed by atoms with van der Waals surface area (Å²) in [5, 5.41) is 9.48. The smallest absolute Gasteiger partial charge is 0.0686 e. The molecule has 1 aromatic carbocycles. The molecule has 1 aromatic heterocycles. The molecule has 1 heterocycles. The Bertz CT molecular complexity index is 526. The van der Waals surface area contributed by atoms with Crippen LogP contribution >= 0.6 is 0 Å². The number of hydrogen-bond donors (Lipinski definition) is 1. The zero-order valence-corrected chi connectivity index (χ0v) is 11.7. The molecule has 1 saturated carbocycles. The molecule has 1 fully saturated rings. The quantitative estimate of drug-likeness (QED) is 0.908. The van der Waals surface area contributed by atoms with Crippen molar-refractivity contribution in [2.45, 2.75) is 51.1 Å². The van der Waals surface area contributed by atoms with E-state index in [-0.39, 0.29) is 0 Å². The summed E-state index contributed by atoms with van der Waals surface area (Å²) in [5.74, 6) is 0. The van der Waals surface area contributed by atoms with Crippen LogP contribution < -0.4 is 5.32 Å². The second-order valence-corrected chi connectivity index (χ2v) is 5.74. The van der Waals surface area contributed by atoms with Gasteiger partial charge in [-0.2, -0.15) is 5.10 Å². The SMILES string of the molecule is CC(CNC1CCCCC1)n1ncc2ccccc21. The zero-order chi connectivity index (χ0) is 13.1. The zero-order valence-electron chi connectivity index (χ0n) is 11.7. The van der Waals surface area contributed by atoms with Crippen molar-refractivity contribution in [3.8, 4) is 0 Å². The highest BCUT2D eigenvalue weighted by Gasteiger charge is 2.15. The van der Waals surface area contributed by atoms with Gasteiger partial charge >= 0.3 is 0 Å². The number of benzene rings is 1. The minimum atomic E-state index is 0.404. The van der Waals surface area contributed by atoms with Crippen molar-refractivity contribution >= 4 is 10.9 Å². The number of rotatable bonds is 4. The van der Waals surface area contributed by atoms with E-state index < -0.39 is 0 Å². The molecule has 0 amide bonds. The number of aromatic nitrogens is 2. The Kier molecular flexibility index (Phi) is 3.83. The molecule has 0 saturated heterocycles. The summed E-state index contributed by atoms with van der Waals surface area (Å²) in [6, 6.07) is 9.56. The van der Waals surface area contributed by atoms with Crippen LogP contribution in [0.25, 0.3) is 10.9 Å². The van der Waals surface area contributed by atoms with Gasteiger partial charge in [0.2, 0.25) is 0 Å². The van der Waals surface area contributed by atoms with Gasteiger partial charge in [0, 0.05) is 18.0 Å². The highest BCUT2D eigenvalue weighted by molar-refractivity contribution is 5.78. The molecule has 19 heavy (non-hydrogen) atoms. The van der Waals surface area contributed by atoms with E-state index in [1.54, 1.807) is 0 Å². The fraction of sp³-hybridized carbons (Fsp3) is 0.562. The molecule has 3 rings (SSSR count). The molecule has 2 aromatic rings. The van der Waals surface area contributed by atoms with Gasteiger partial charge in [-0.1, -0.05) is 37.5 Å². The maximum absolute atomic E-state index is 4.54. The van der Waals surface area contributed by atoms with E-state index in [9.17, 15) is 0 Å². The summed E-state index contributed by atoms with van der Waals surface area (Å²) in [7, 11) is 0. The van der Waals surface area contributed by atoms with Gasteiger partial charge < -0.3 is 5.32 Å². The fourth-order valence-electron chi connectivity index (χ4n) is 3.07. The lowest BCUT2D eigenvalue weighted by Gasteiger charge is -2.25. The van der Waals surface area contributed by atoms with E-state index >= 15 is 0 Å². The number of nitrogens with one attached hydrogen (secondary N) is 1. The normalized spacial score (nSPS) is 18.8. The Morgan fingerprint density at radius 1 is 1.26 bits per heavy atom. The van der Waals surface area contributed by atoms with Gasteiger partial charge in [0.15, 0.2) is 0 Å². The van der Waals surface area contributed by atoms with E-state index in [0.717, 1.165) is 12.6 Å². The largest absolute Gasteiger partial charge is 0.312 e. The fourth-order valence-corrected chi connectivity index (χ4v) is 3.07. The molecular weight excluding hydrogens is 234 g/mol. The standard InChI is InChI=1S/C16H23N3/c1-13(11-17-15-8-3-2-4-9-15)19-16-10-6-5-7-14(16)12-18-19/h5-7,10,12-13,15,17H,2-4,8-9,11H2,1H3. The van der Waals surface area contributed by atoms with Gasteiger partial charge in [0.25, 0.3) is 0 Å². The molecule has 102 valence electrons. The van der Waals surface area contributed by atoms with E-state index in [2.05, 4.69) is 46.3 Å². The van der Waals surface area contributed by atoms with Crippen LogP contribution in [0.15, 0.2) is 30.5 Å². The van der Waals surface area contributed by atoms with Crippen LogP contribution in [0.2, 0.25) is 0 Å². The maximum atomic E-state index is 4.54. The van der Waals surface area contributed by atoms with Gasteiger partial charge in [-0.15, -0.1) is 0 Å². The van der Waals surface area contributed by atoms with Crippen LogP contribution in [0.1, 0.15) is 45.1 Å². The second kappa shape index (κ2) is 5.74. The Morgan fingerprint density at radius 2 is 2.05 bits per heavy atom. The van der Waals surface area contributed by atoms with E-state index in [4.69, 9.17) is 0 Å². The predicted molar refractivity (Wildman–Crippen MR) is 79.3 cm³/mol. The molecule has 0 spiro atoms. The first-order chi connectivity index (χ1) is 9.34. The van der Waals surface area contributed by atoms with Gasteiger partial charge in [-0.05, 0) is 25.8 Å². The third-order valence-electron chi connectivity index (χ3n) is 4.23. The average molecular weight is 257 g/mol. The highest BCUT2D eigenvalue weighted by atomic mass is 15.3. The molecule has 3 nitrogen and oxygen atoms in total. The van der Waals surface area contributed by atoms with Crippen LogP contribution in [0.4, 0.5) is 0 Å². The van der Waals surface area contributed by atoms with E-state index in [1.807, 2.05) is 6.20 Å². The van der Waals surface area contributed by atoms with Crippen LogP contribution in [-0.2, 0) is 0 Å². The number of hydrogen-bond acceptors (Lipinski definition) is 2. The van der Waals surface area contributed by atoms with Crippen molar-refractivity contribution in [3.63, 3.8) is 0 Å².